The van der Waals surface area contributed by atoms with Crippen LogP contribution in [0.4, 0.5) is 0 Å². The van der Waals surface area contributed by atoms with Crippen LogP contribution < -0.4 is 5.32 Å². The molecule has 0 saturated heterocycles. The number of carbonyl (C=O) groups is 1. The fourth-order valence-electron chi connectivity index (χ4n) is 2.48. The maximum atomic E-state index is 11.5. The summed E-state index contributed by atoms with van der Waals surface area (Å²) in [5.74, 6) is 1.02. The lowest BCUT2D eigenvalue weighted by Gasteiger charge is -2.35. The number of hydrogen-bond acceptors (Lipinski definition) is 4. The van der Waals surface area contributed by atoms with Gasteiger partial charge in [-0.25, -0.2) is 0 Å². The van der Waals surface area contributed by atoms with E-state index in [0.29, 0.717) is 12.0 Å². The molecule has 0 aromatic rings. The van der Waals surface area contributed by atoms with Gasteiger partial charge in [-0.05, 0) is 38.0 Å². The molecule has 1 rings (SSSR count). The average Bonchev–Trinajstić information content (AvgIpc) is 2.29. The van der Waals surface area contributed by atoms with Crippen molar-refractivity contribution in [2.24, 2.45) is 11.8 Å². The number of ether oxygens (including phenoxy) is 1. The summed E-state index contributed by atoms with van der Waals surface area (Å²) in [6.07, 6.45) is 2.57. The van der Waals surface area contributed by atoms with E-state index in [9.17, 15) is 9.90 Å². The predicted octanol–water partition coefficient (Wildman–Crippen LogP) is 1.32. The number of hydrogen-bond donors (Lipinski definition) is 2. The van der Waals surface area contributed by atoms with Crippen molar-refractivity contribution in [3.05, 3.63) is 0 Å². The Kier molecular flexibility index (Phi) is 5.40. The summed E-state index contributed by atoms with van der Waals surface area (Å²) in [7, 11) is 1.35. The highest BCUT2D eigenvalue weighted by atomic mass is 16.5. The molecule has 1 saturated carbocycles. The second-order valence-corrected chi connectivity index (χ2v) is 5.37. The monoisotopic (exact) mass is 243 g/mol. The summed E-state index contributed by atoms with van der Waals surface area (Å²) in [6.45, 7) is 6.13. The van der Waals surface area contributed by atoms with E-state index < -0.39 is 12.1 Å². The predicted molar refractivity (Wildman–Crippen MR) is 66.6 cm³/mol. The maximum Gasteiger partial charge on any atom is 0.325 e. The first-order chi connectivity index (χ1) is 7.95. The van der Waals surface area contributed by atoms with Crippen molar-refractivity contribution in [3.8, 4) is 0 Å². The van der Waals surface area contributed by atoms with Crippen LogP contribution in [-0.4, -0.2) is 36.4 Å². The Morgan fingerprint density at radius 1 is 1.35 bits per heavy atom. The van der Waals surface area contributed by atoms with Crippen LogP contribution >= 0.6 is 0 Å². The van der Waals surface area contributed by atoms with E-state index in [-0.39, 0.29) is 5.97 Å². The molecule has 0 amide bonds. The molecule has 17 heavy (non-hydrogen) atoms. The van der Waals surface area contributed by atoms with Crippen molar-refractivity contribution >= 4 is 5.97 Å². The molecule has 4 heteroatoms. The van der Waals surface area contributed by atoms with E-state index in [2.05, 4.69) is 19.2 Å². The Hall–Kier alpha value is -0.610. The average molecular weight is 243 g/mol. The SMILES string of the molecule is COC(=O)C(NC1CCC(C)C(C)C1)C(C)O. The third kappa shape index (κ3) is 3.96. The van der Waals surface area contributed by atoms with E-state index in [1.54, 1.807) is 6.92 Å². The van der Waals surface area contributed by atoms with Crippen LogP contribution in [0.15, 0.2) is 0 Å². The molecule has 0 spiro atoms. The number of aliphatic hydroxyl groups excluding tert-OH is 1. The maximum absolute atomic E-state index is 11.5. The van der Waals surface area contributed by atoms with Crippen molar-refractivity contribution in [1.29, 1.82) is 0 Å². The number of nitrogens with one attached hydrogen (secondary N) is 1. The zero-order valence-electron chi connectivity index (χ0n) is 11.3. The minimum absolute atomic E-state index is 0.305. The molecule has 2 N–H and O–H groups in total. The van der Waals surface area contributed by atoms with Crippen LogP contribution in [-0.2, 0) is 9.53 Å². The minimum Gasteiger partial charge on any atom is -0.468 e. The second kappa shape index (κ2) is 6.36. The zero-order valence-corrected chi connectivity index (χ0v) is 11.3. The van der Waals surface area contributed by atoms with Crippen molar-refractivity contribution in [2.75, 3.05) is 7.11 Å². The zero-order chi connectivity index (χ0) is 13.0. The Morgan fingerprint density at radius 3 is 2.47 bits per heavy atom. The van der Waals surface area contributed by atoms with Gasteiger partial charge in [-0.2, -0.15) is 0 Å². The first kappa shape index (κ1) is 14.5. The molecule has 0 aromatic heterocycles. The Morgan fingerprint density at radius 2 is 2.00 bits per heavy atom. The lowest BCUT2D eigenvalue weighted by molar-refractivity contribution is -0.146. The second-order valence-electron chi connectivity index (χ2n) is 5.37. The van der Waals surface area contributed by atoms with Gasteiger partial charge in [-0.3, -0.25) is 10.1 Å². The van der Waals surface area contributed by atoms with Gasteiger partial charge in [-0.1, -0.05) is 13.8 Å². The molecule has 0 bridgehead atoms. The molecule has 1 aliphatic rings. The van der Waals surface area contributed by atoms with Gasteiger partial charge in [0, 0.05) is 6.04 Å². The Balaban J connectivity index is 2.53. The fourth-order valence-corrected chi connectivity index (χ4v) is 2.48. The molecular weight excluding hydrogens is 218 g/mol. The molecule has 0 aliphatic heterocycles. The van der Waals surface area contributed by atoms with Crippen LogP contribution in [0.25, 0.3) is 0 Å². The summed E-state index contributed by atoms with van der Waals surface area (Å²) in [4.78, 5) is 11.5. The molecular formula is C13H25NO3. The lowest BCUT2D eigenvalue weighted by atomic mass is 9.79. The van der Waals surface area contributed by atoms with Gasteiger partial charge in [0.25, 0.3) is 0 Å². The Labute approximate surface area is 104 Å². The van der Waals surface area contributed by atoms with Crippen LogP contribution in [0.1, 0.15) is 40.0 Å². The summed E-state index contributed by atoms with van der Waals surface area (Å²) < 4.78 is 4.70. The molecule has 100 valence electrons. The normalized spacial score (nSPS) is 32.9. The van der Waals surface area contributed by atoms with Gasteiger partial charge in [0.1, 0.15) is 6.04 Å². The van der Waals surface area contributed by atoms with E-state index >= 15 is 0 Å². The first-order valence-corrected chi connectivity index (χ1v) is 6.47. The standard InChI is InChI=1S/C13H25NO3/c1-8-5-6-11(7-9(8)2)14-12(10(3)15)13(16)17-4/h8-12,14-15H,5-7H2,1-4H3. The smallest absolute Gasteiger partial charge is 0.325 e. The number of carbonyl (C=O) groups excluding carboxylic acids is 1. The highest BCUT2D eigenvalue weighted by Crippen LogP contribution is 2.29. The number of rotatable bonds is 4. The highest BCUT2D eigenvalue weighted by Gasteiger charge is 2.31. The summed E-state index contributed by atoms with van der Waals surface area (Å²) in [6, 6.07) is -0.300. The highest BCUT2D eigenvalue weighted by molar-refractivity contribution is 5.76. The van der Waals surface area contributed by atoms with Gasteiger partial charge < -0.3 is 9.84 Å². The fraction of sp³-hybridized carbons (Fsp3) is 0.923. The molecule has 5 atom stereocenters. The van der Waals surface area contributed by atoms with E-state index in [4.69, 9.17) is 4.74 Å². The van der Waals surface area contributed by atoms with E-state index in [1.165, 1.54) is 13.5 Å². The van der Waals surface area contributed by atoms with Crippen LogP contribution in [0.2, 0.25) is 0 Å². The molecule has 0 radical (unpaired) electrons. The van der Waals surface area contributed by atoms with Crippen LogP contribution in [0, 0.1) is 11.8 Å². The third-order valence-electron chi connectivity index (χ3n) is 3.95. The number of methoxy groups -OCH3 is 1. The van der Waals surface area contributed by atoms with E-state index in [0.717, 1.165) is 18.8 Å². The Bertz CT molecular complexity index is 255. The molecule has 1 aliphatic carbocycles. The minimum atomic E-state index is -0.725. The largest absolute Gasteiger partial charge is 0.468 e. The molecule has 4 nitrogen and oxygen atoms in total. The van der Waals surface area contributed by atoms with E-state index in [1.807, 2.05) is 0 Å². The van der Waals surface area contributed by atoms with Gasteiger partial charge >= 0.3 is 5.97 Å². The molecule has 5 unspecified atom stereocenters. The molecule has 0 aromatic carbocycles. The van der Waals surface area contributed by atoms with Crippen LogP contribution in [0.3, 0.4) is 0 Å². The van der Waals surface area contributed by atoms with Crippen molar-refractivity contribution in [1.82, 2.24) is 5.32 Å². The van der Waals surface area contributed by atoms with Crippen molar-refractivity contribution in [2.45, 2.75) is 58.2 Å². The van der Waals surface area contributed by atoms with Crippen molar-refractivity contribution in [3.63, 3.8) is 0 Å². The number of esters is 1. The third-order valence-corrected chi connectivity index (χ3v) is 3.95. The lowest BCUT2D eigenvalue weighted by Crippen LogP contribution is -2.51. The van der Waals surface area contributed by atoms with Gasteiger partial charge in [0.05, 0.1) is 13.2 Å². The van der Waals surface area contributed by atoms with Gasteiger partial charge in [0.15, 0.2) is 0 Å². The summed E-state index contributed by atoms with van der Waals surface area (Å²) in [5.41, 5.74) is 0. The van der Waals surface area contributed by atoms with Crippen molar-refractivity contribution < 1.29 is 14.6 Å². The number of aliphatic hydroxyl groups is 1. The summed E-state index contributed by atoms with van der Waals surface area (Å²) >= 11 is 0. The first-order valence-electron chi connectivity index (χ1n) is 6.47. The summed E-state index contributed by atoms with van der Waals surface area (Å²) in [5, 5.41) is 12.8. The van der Waals surface area contributed by atoms with Gasteiger partial charge in [-0.15, -0.1) is 0 Å². The van der Waals surface area contributed by atoms with Crippen LogP contribution in [0.5, 0.6) is 0 Å². The van der Waals surface area contributed by atoms with Gasteiger partial charge in [0.2, 0.25) is 0 Å². The molecule has 1 fully saturated rings. The topological polar surface area (TPSA) is 58.6 Å². The molecule has 0 heterocycles. The quantitative estimate of drug-likeness (QED) is 0.731.